The topological polar surface area (TPSA) is 59.0 Å². The molecule has 0 fully saturated rings. The summed E-state index contributed by atoms with van der Waals surface area (Å²) < 4.78 is 43.0. The Morgan fingerprint density at radius 2 is 2.12 bits per heavy atom. The minimum absolute atomic E-state index is 0.0111. The van der Waals surface area contributed by atoms with Crippen molar-refractivity contribution in [2.75, 3.05) is 0 Å². The molecule has 1 aromatic carbocycles. The minimum Gasteiger partial charge on any atom is -0.475 e. The second kappa shape index (κ2) is 5.06. The van der Waals surface area contributed by atoms with Gasteiger partial charge in [-0.2, -0.15) is 18.4 Å². The Bertz CT molecular complexity index is 437. The Hall–Kier alpha value is -1.74. The normalized spacial score (nSPS) is 12.9. The Morgan fingerprint density at radius 1 is 1.47 bits per heavy atom. The Labute approximate surface area is 96.6 Å². The summed E-state index contributed by atoms with van der Waals surface area (Å²) in [5.41, 5.74) is 4.72. The van der Waals surface area contributed by atoms with Gasteiger partial charge in [0.2, 0.25) is 0 Å². The summed E-state index contributed by atoms with van der Waals surface area (Å²) in [7, 11) is 0. The van der Waals surface area contributed by atoms with Gasteiger partial charge in [-0.05, 0) is 24.6 Å². The first-order valence-electron chi connectivity index (χ1n) is 4.85. The number of nitrogens with zero attached hydrogens (tertiary/aromatic N) is 1. The third-order valence-electron chi connectivity index (χ3n) is 2.07. The van der Waals surface area contributed by atoms with E-state index < -0.39 is 17.8 Å². The fraction of sp³-hybridized carbons (Fsp3) is 0.364. The van der Waals surface area contributed by atoms with Gasteiger partial charge in [-0.15, -0.1) is 0 Å². The second-order valence-corrected chi connectivity index (χ2v) is 3.42. The highest BCUT2D eigenvalue weighted by Crippen LogP contribution is 2.37. The highest BCUT2D eigenvalue weighted by molar-refractivity contribution is 5.39. The Balaban J connectivity index is 3.17. The molecule has 0 aliphatic carbocycles. The van der Waals surface area contributed by atoms with Crippen molar-refractivity contribution >= 4 is 0 Å². The van der Waals surface area contributed by atoms with Crippen LogP contribution in [0.4, 0.5) is 13.2 Å². The summed E-state index contributed by atoms with van der Waals surface area (Å²) in [5.74, 6) is -0.358. The second-order valence-electron chi connectivity index (χ2n) is 3.42. The van der Waals surface area contributed by atoms with Crippen molar-refractivity contribution in [1.82, 2.24) is 0 Å². The summed E-state index contributed by atoms with van der Waals surface area (Å²) in [6, 6.07) is 5.25. The van der Waals surface area contributed by atoms with E-state index in [2.05, 4.69) is 0 Å². The number of hydrogen-bond donors (Lipinski definition) is 1. The average Bonchev–Trinajstić information content (AvgIpc) is 2.28. The first-order chi connectivity index (χ1) is 7.88. The number of nitriles is 1. The van der Waals surface area contributed by atoms with Crippen LogP contribution in [0.3, 0.4) is 0 Å². The summed E-state index contributed by atoms with van der Waals surface area (Å²) in [6.07, 6.45) is -5.48. The van der Waals surface area contributed by atoms with Gasteiger partial charge in [0.05, 0.1) is 5.56 Å². The molecule has 6 heteroatoms. The van der Waals surface area contributed by atoms with Crippen LogP contribution in [0.15, 0.2) is 18.2 Å². The molecule has 3 nitrogen and oxygen atoms in total. The molecule has 0 saturated carbocycles. The number of rotatable bonds is 3. The van der Waals surface area contributed by atoms with E-state index in [0.717, 1.165) is 6.07 Å². The molecule has 1 aromatic rings. The van der Waals surface area contributed by atoms with Gasteiger partial charge in [0.25, 0.3) is 0 Å². The molecule has 1 atom stereocenters. The minimum atomic E-state index is -4.53. The molecule has 2 N–H and O–H groups in total. The van der Waals surface area contributed by atoms with Crippen LogP contribution in [-0.2, 0) is 12.7 Å². The predicted molar refractivity (Wildman–Crippen MR) is 55.0 cm³/mol. The van der Waals surface area contributed by atoms with Gasteiger partial charge in [0.15, 0.2) is 6.10 Å². The van der Waals surface area contributed by atoms with Gasteiger partial charge in [0, 0.05) is 6.54 Å². The van der Waals surface area contributed by atoms with Crippen LogP contribution in [0, 0.1) is 11.3 Å². The van der Waals surface area contributed by atoms with Gasteiger partial charge in [-0.1, -0.05) is 6.07 Å². The largest absolute Gasteiger partial charge is 0.475 e. The lowest BCUT2D eigenvalue weighted by molar-refractivity contribution is -0.139. The van der Waals surface area contributed by atoms with Crippen LogP contribution in [0.5, 0.6) is 5.75 Å². The lowest BCUT2D eigenvalue weighted by Gasteiger charge is -2.15. The zero-order valence-electron chi connectivity index (χ0n) is 9.08. The van der Waals surface area contributed by atoms with Crippen LogP contribution in [0.1, 0.15) is 18.1 Å². The lowest BCUT2D eigenvalue weighted by atomic mass is 10.1. The van der Waals surface area contributed by atoms with Crippen molar-refractivity contribution in [1.29, 1.82) is 5.26 Å². The fourth-order valence-corrected chi connectivity index (χ4v) is 1.25. The van der Waals surface area contributed by atoms with Crippen LogP contribution >= 0.6 is 0 Å². The first kappa shape index (κ1) is 13.3. The van der Waals surface area contributed by atoms with Gasteiger partial charge in [-0.25, -0.2) is 0 Å². The zero-order chi connectivity index (χ0) is 13.1. The van der Waals surface area contributed by atoms with E-state index in [1.54, 1.807) is 6.07 Å². The highest BCUT2D eigenvalue weighted by Gasteiger charge is 2.35. The van der Waals surface area contributed by atoms with Crippen molar-refractivity contribution in [3.63, 3.8) is 0 Å². The summed E-state index contributed by atoms with van der Waals surface area (Å²) in [5, 5.41) is 8.51. The van der Waals surface area contributed by atoms with Crippen LogP contribution in [0.2, 0.25) is 0 Å². The standard InChI is InChI=1S/C11H11F3N2O/c1-7(5-15)17-10-3-2-8(6-16)4-9(10)11(12,13)14/h2-4,7H,6,16H2,1H3. The number of nitrogens with two attached hydrogens (primary N) is 1. The molecule has 0 radical (unpaired) electrons. The van der Waals surface area contributed by atoms with E-state index in [0.29, 0.717) is 5.56 Å². The van der Waals surface area contributed by atoms with Crippen molar-refractivity contribution in [2.24, 2.45) is 5.73 Å². The van der Waals surface area contributed by atoms with Gasteiger partial charge >= 0.3 is 6.18 Å². The SMILES string of the molecule is CC(C#N)Oc1ccc(CN)cc1C(F)(F)F. The molecule has 0 amide bonds. The lowest BCUT2D eigenvalue weighted by Crippen LogP contribution is -2.14. The van der Waals surface area contributed by atoms with E-state index in [1.165, 1.54) is 19.1 Å². The zero-order valence-corrected chi connectivity index (χ0v) is 9.08. The smallest absolute Gasteiger partial charge is 0.419 e. The molecule has 92 valence electrons. The van der Waals surface area contributed by atoms with Gasteiger partial charge < -0.3 is 10.5 Å². The number of benzene rings is 1. The molecular weight excluding hydrogens is 233 g/mol. The molecule has 0 aliphatic heterocycles. The van der Waals surface area contributed by atoms with E-state index in [1.807, 2.05) is 0 Å². The summed E-state index contributed by atoms with van der Waals surface area (Å²) >= 11 is 0. The van der Waals surface area contributed by atoms with Gasteiger partial charge in [-0.3, -0.25) is 0 Å². The first-order valence-corrected chi connectivity index (χ1v) is 4.85. The Morgan fingerprint density at radius 3 is 2.59 bits per heavy atom. The Kier molecular flexibility index (Phi) is 3.97. The molecule has 1 unspecified atom stereocenters. The number of ether oxygens (including phenoxy) is 1. The van der Waals surface area contributed by atoms with E-state index in [9.17, 15) is 13.2 Å². The molecule has 0 spiro atoms. The van der Waals surface area contributed by atoms with Crippen LogP contribution in [0.25, 0.3) is 0 Å². The number of hydrogen-bond acceptors (Lipinski definition) is 3. The third-order valence-corrected chi connectivity index (χ3v) is 2.07. The molecule has 0 bridgehead atoms. The molecular formula is C11H11F3N2O. The van der Waals surface area contributed by atoms with E-state index >= 15 is 0 Å². The number of alkyl halides is 3. The van der Waals surface area contributed by atoms with E-state index in [4.69, 9.17) is 15.7 Å². The molecule has 1 rings (SSSR count). The number of halogens is 3. The maximum Gasteiger partial charge on any atom is 0.419 e. The van der Waals surface area contributed by atoms with Crippen molar-refractivity contribution < 1.29 is 17.9 Å². The monoisotopic (exact) mass is 244 g/mol. The summed E-state index contributed by atoms with van der Waals surface area (Å²) in [4.78, 5) is 0. The fourth-order valence-electron chi connectivity index (χ4n) is 1.25. The molecule has 0 aliphatic rings. The van der Waals surface area contributed by atoms with Crippen LogP contribution in [-0.4, -0.2) is 6.10 Å². The average molecular weight is 244 g/mol. The highest BCUT2D eigenvalue weighted by atomic mass is 19.4. The molecule has 0 heterocycles. The summed E-state index contributed by atoms with van der Waals surface area (Å²) in [6.45, 7) is 1.38. The molecule has 17 heavy (non-hydrogen) atoms. The van der Waals surface area contributed by atoms with E-state index in [-0.39, 0.29) is 12.3 Å². The van der Waals surface area contributed by atoms with Gasteiger partial charge in [0.1, 0.15) is 11.8 Å². The maximum absolute atomic E-state index is 12.7. The predicted octanol–water partition coefficient (Wildman–Crippen LogP) is 2.45. The third kappa shape index (κ3) is 3.36. The quantitative estimate of drug-likeness (QED) is 0.888. The molecule has 0 saturated heterocycles. The maximum atomic E-state index is 12.7. The van der Waals surface area contributed by atoms with Crippen molar-refractivity contribution in [3.8, 4) is 11.8 Å². The van der Waals surface area contributed by atoms with Crippen molar-refractivity contribution in [3.05, 3.63) is 29.3 Å². The molecule has 0 aromatic heterocycles. The van der Waals surface area contributed by atoms with Crippen LogP contribution < -0.4 is 10.5 Å². The van der Waals surface area contributed by atoms with Crippen molar-refractivity contribution in [2.45, 2.75) is 25.7 Å².